The molecule has 1 atom stereocenters. The molecule has 1 aliphatic carbocycles. The summed E-state index contributed by atoms with van der Waals surface area (Å²) in [6.45, 7) is 2.07. The second-order valence-corrected chi connectivity index (χ2v) is 8.64. The molecule has 2 heterocycles. The summed E-state index contributed by atoms with van der Waals surface area (Å²) in [6.07, 6.45) is 8.22. The Morgan fingerprint density at radius 2 is 1.96 bits per heavy atom. The number of amides is 1. The highest BCUT2D eigenvalue weighted by Gasteiger charge is 2.24. The van der Waals surface area contributed by atoms with Gasteiger partial charge in [0.2, 0.25) is 12.7 Å². The van der Waals surface area contributed by atoms with E-state index < -0.39 is 0 Å². The third-order valence-electron chi connectivity index (χ3n) is 5.70. The van der Waals surface area contributed by atoms with E-state index in [9.17, 15) is 4.79 Å². The van der Waals surface area contributed by atoms with Crippen LogP contribution in [0.5, 0.6) is 11.5 Å². The molecule has 0 N–H and O–H groups in total. The first-order valence-corrected chi connectivity index (χ1v) is 10.6. The van der Waals surface area contributed by atoms with Crippen molar-refractivity contribution in [2.75, 3.05) is 25.6 Å². The maximum absolute atomic E-state index is 12.6. The fraction of sp³-hybridized carbons (Fsp3) is 0.650. The predicted octanol–water partition coefficient (Wildman–Crippen LogP) is 4.39. The second-order valence-electron chi connectivity index (χ2n) is 7.33. The van der Waals surface area contributed by atoms with Crippen molar-refractivity contribution < 1.29 is 14.3 Å². The minimum absolute atomic E-state index is 0.319. The molecule has 25 heavy (non-hydrogen) atoms. The van der Waals surface area contributed by atoms with Crippen molar-refractivity contribution in [3.8, 4) is 11.5 Å². The van der Waals surface area contributed by atoms with Crippen molar-refractivity contribution in [2.24, 2.45) is 5.92 Å². The maximum atomic E-state index is 12.6. The van der Waals surface area contributed by atoms with Gasteiger partial charge in [-0.05, 0) is 36.5 Å². The monoisotopic (exact) mass is 361 g/mol. The van der Waals surface area contributed by atoms with Gasteiger partial charge in [0.15, 0.2) is 11.5 Å². The zero-order valence-corrected chi connectivity index (χ0v) is 15.6. The van der Waals surface area contributed by atoms with Gasteiger partial charge in [0.1, 0.15) is 0 Å². The molecule has 4 rings (SSSR count). The van der Waals surface area contributed by atoms with Crippen LogP contribution in [0, 0.1) is 5.92 Å². The Labute approximate surface area is 154 Å². The van der Waals surface area contributed by atoms with Crippen molar-refractivity contribution >= 4 is 17.7 Å². The van der Waals surface area contributed by atoms with E-state index in [1.807, 2.05) is 17.8 Å². The highest BCUT2D eigenvalue weighted by atomic mass is 32.2. The molecule has 1 saturated carbocycles. The Kier molecular flexibility index (Phi) is 5.39. The first kappa shape index (κ1) is 17.1. The number of hydrogen-bond donors (Lipinski definition) is 0. The van der Waals surface area contributed by atoms with Crippen molar-refractivity contribution in [1.29, 1.82) is 0 Å². The molecule has 1 amide bonds. The molecule has 5 heteroatoms. The van der Waals surface area contributed by atoms with Crippen molar-refractivity contribution in [3.05, 3.63) is 23.8 Å². The number of benzene rings is 1. The summed E-state index contributed by atoms with van der Waals surface area (Å²) in [7, 11) is 0. The van der Waals surface area contributed by atoms with E-state index in [2.05, 4.69) is 17.0 Å². The van der Waals surface area contributed by atoms with Crippen molar-refractivity contribution in [3.63, 3.8) is 0 Å². The van der Waals surface area contributed by atoms with Gasteiger partial charge in [-0.3, -0.25) is 4.79 Å². The first-order chi connectivity index (χ1) is 12.3. The zero-order chi connectivity index (χ0) is 17.1. The van der Waals surface area contributed by atoms with E-state index in [0.717, 1.165) is 55.5 Å². The topological polar surface area (TPSA) is 38.8 Å². The van der Waals surface area contributed by atoms with Gasteiger partial charge in [-0.1, -0.05) is 31.7 Å². The van der Waals surface area contributed by atoms with E-state index >= 15 is 0 Å². The fourth-order valence-electron chi connectivity index (χ4n) is 4.18. The number of carbonyl (C=O) groups excluding carboxylic acids is 1. The van der Waals surface area contributed by atoms with Crippen LogP contribution < -0.4 is 9.47 Å². The average Bonchev–Trinajstić information content (AvgIpc) is 3.26. The number of fused-ring (bicyclic) bond motifs is 1. The minimum atomic E-state index is 0.319. The van der Waals surface area contributed by atoms with E-state index in [4.69, 9.17) is 9.47 Å². The molecule has 4 nitrogen and oxygen atoms in total. The lowest BCUT2D eigenvalue weighted by atomic mass is 10.0. The minimum Gasteiger partial charge on any atom is -0.454 e. The van der Waals surface area contributed by atoms with Crippen LogP contribution in [0.4, 0.5) is 0 Å². The highest BCUT2D eigenvalue weighted by Crippen LogP contribution is 2.40. The third-order valence-corrected chi connectivity index (χ3v) is 7.03. The first-order valence-electron chi connectivity index (χ1n) is 9.58. The number of nitrogens with zero attached hydrogens (tertiary/aromatic N) is 1. The van der Waals surface area contributed by atoms with E-state index in [1.165, 1.54) is 31.2 Å². The molecule has 1 unspecified atom stereocenters. The Balaban J connectivity index is 1.31. The molecule has 2 aliphatic heterocycles. The summed E-state index contributed by atoms with van der Waals surface area (Å²) in [6, 6.07) is 6.26. The van der Waals surface area contributed by atoms with Gasteiger partial charge in [0.25, 0.3) is 0 Å². The average molecular weight is 362 g/mol. The van der Waals surface area contributed by atoms with Crippen molar-refractivity contribution in [1.82, 2.24) is 4.90 Å². The molecular weight excluding hydrogens is 334 g/mol. The van der Waals surface area contributed by atoms with Crippen LogP contribution in [0.25, 0.3) is 0 Å². The molecule has 0 spiro atoms. The molecule has 0 bridgehead atoms. The SMILES string of the molecule is O=C(CCC1CCCC1)N1CCSC(c2ccc3c(c2)OCO3)CC1. The molecule has 136 valence electrons. The van der Waals surface area contributed by atoms with Crippen molar-refractivity contribution in [2.45, 2.75) is 50.2 Å². The van der Waals surface area contributed by atoms with Gasteiger partial charge in [0, 0.05) is 30.5 Å². The van der Waals surface area contributed by atoms with E-state index in [0.29, 0.717) is 18.0 Å². The Hall–Kier alpha value is -1.36. The highest BCUT2D eigenvalue weighted by molar-refractivity contribution is 7.99. The van der Waals surface area contributed by atoms with Gasteiger partial charge in [-0.15, -0.1) is 0 Å². The van der Waals surface area contributed by atoms with Crippen LogP contribution in [-0.2, 0) is 4.79 Å². The van der Waals surface area contributed by atoms with Crippen LogP contribution in [0.3, 0.4) is 0 Å². The number of hydrogen-bond acceptors (Lipinski definition) is 4. The van der Waals surface area contributed by atoms with Gasteiger partial charge in [-0.25, -0.2) is 0 Å². The summed E-state index contributed by atoms with van der Waals surface area (Å²) >= 11 is 1.96. The normalized spacial score (nSPS) is 23.7. The van der Waals surface area contributed by atoms with Crippen LogP contribution in [-0.4, -0.2) is 36.4 Å². The Morgan fingerprint density at radius 1 is 1.12 bits per heavy atom. The molecule has 3 aliphatic rings. The molecular formula is C20H27NO3S. The van der Waals surface area contributed by atoms with Crippen LogP contribution >= 0.6 is 11.8 Å². The lowest BCUT2D eigenvalue weighted by Crippen LogP contribution is -2.33. The molecule has 2 fully saturated rings. The molecule has 1 aromatic carbocycles. The van der Waals surface area contributed by atoms with Gasteiger partial charge in [-0.2, -0.15) is 11.8 Å². The number of thioether (sulfide) groups is 1. The van der Waals surface area contributed by atoms with Crippen LogP contribution in [0.1, 0.15) is 55.8 Å². The lowest BCUT2D eigenvalue weighted by Gasteiger charge is -2.21. The Morgan fingerprint density at radius 3 is 2.84 bits per heavy atom. The number of carbonyl (C=O) groups is 1. The molecule has 1 saturated heterocycles. The summed E-state index contributed by atoms with van der Waals surface area (Å²) in [5.41, 5.74) is 1.29. The summed E-state index contributed by atoms with van der Waals surface area (Å²) in [5, 5.41) is 0.433. The fourth-order valence-corrected chi connectivity index (χ4v) is 5.41. The summed E-state index contributed by atoms with van der Waals surface area (Å²) in [4.78, 5) is 14.7. The lowest BCUT2D eigenvalue weighted by molar-refractivity contribution is -0.131. The quantitative estimate of drug-likeness (QED) is 0.797. The molecule has 0 aromatic heterocycles. The Bertz CT molecular complexity index is 615. The van der Waals surface area contributed by atoms with Gasteiger partial charge >= 0.3 is 0 Å². The molecule has 1 aromatic rings. The molecule has 0 radical (unpaired) electrons. The zero-order valence-electron chi connectivity index (χ0n) is 14.7. The maximum Gasteiger partial charge on any atom is 0.231 e. The largest absolute Gasteiger partial charge is 0.454 e. The third kappa shape index (κ3) is 4.08. The summed E-state index contributed by atoms with van der Waals surface area (Å²) in [5.74, 6) is 3.86. The summed E-state index contributed by atoms with van der Waals surface area (Å²) < 4.78 is 10.9. The van der Waals surface area contributed by atoms with E-state index in [1.54, 1.807) is 0 Å². The van der Waals surface area contributed by atoms with Crippen LogP contribution in [0.15, 0.2) is 18.2 Å². The van der Waals surface area contributed by atoms with Crippen LogP contribution in [0.2, 0.25) is 0 Å². The number of ether oxygens (including phenoxy) is 2. The predicted molar refractivity (Wildman–Crippen MR) is 100 cm³/mol. The number of rotatable bonds is 4. The second kappa shape index (κ2) is 7.90. The van der Waals surface area contributed by atoms with Gasteiger partial charge in [0.05, 0.1) is 0 Å². The van der Waals surface area contributed by atoms with E-state index in [-0.39, 0.29) is 0 Å². The van der Waals surface area contributed by atoms with Gasteiger partial charge < -0.3 is 14.4 Å². The standard InChI is InChI=1S/C20H27NO3S/c22-20(8-5-15-3-1-2-4-15)21-10-9-19(25-12-11-21)16-6-7-17-18(13-16)24-14-23-17/h6-7,13,15,19H,1-5,8-12,14H2. The smallest absolute Gasteiger partial charge is 0.231 e.